The summed E-state index contributed by atoms with van der Waals surface area (Å²) in [5.41, 5.74) is 25.3. The minimum atomic E-state index is -1.48. The molecule has 48 heavy (non-hydrogen) atoms. The number of aryl methyl sites for hydroxylation is 14. The van der Waals surface area contributed by atoms with Gasteiger partial charge in [-0.1, -0.05) is 135 Å². The first kappa shape index (κ1) is 37.4. The van der Waals surface area contributed by atoms with Crippen molar-refractivity contribution in [2.45, 2.75) is 110 Å². The summed E-state index contributed by atoms with van der Waals surface area (Å²) in [5.74, 6) is 0. The van der Waals surface area contributed by atoms with Crippen molar-refractivity contribution in [2.24, 2.45) is 0 Å². The molecule has 0 N–H and O–H groups in total. The maximum absolute atomic E-state index is 2.40. The van der Waals surface area contributed by atoms with E-state index in [0.29, 0.717) is 0 Å². The van der Waals surface area contributed by atoms with Crippen LogP contribution < -0.4 is 27.2 Å². The molecule has 1 unspecified atom stereocenters. The molecule has 5 aromatic rings. The van der Waals surface area contributed by atoms with E-state index in [0.717, 1.165) is 12.8 Å². The molecule has 0 aliphatic rings. The van der Waals surface area contributed by atoms with Gasteiger partial charge in [-0.15, -0.1) is 0 Å². The number of benzene rings is 5. The molecular formula is C46H60BP. The summed E-state index contributed by atoms with van der Waals surface area (Å²) < 4.78 is 0. The Bertz CT molecular complexity index is 1630. The zero-order valence-electron chi connectivity index (χ0n) is 32.5. The fourth-order valence-electron chi connectivity index (χ4n) is 9.61. The summed E-state index contributed by atoms with van der Waals surface area (Å²) >= 11 is 0. The minimum absolute atomic E-state index is 1.15. The van der Waals surface area contributed by atoms with Gasteiger partial charge in [0.15, 0.2) is 0 Å². The summed E-state index contributed by atoms with van der Waals surface area (Å²) in [7, 11) is 1.97. The monoisotopic (exact) mass is 654 g/mol. The second-order valence-corrected chi connectivity index (χ2v) is 15.8. The van der Waals surface area contributed by atoms with E-state index in [-0.39, 0.29) is 0 Å². The first-order valence-corrected chi connectivity index (χ1v) is 18.7. The summed E-state index contributed by atoms with van der Waals surface area (Å²) in [6, 6.07) is 26.0. The van der Waals surface area contributed by atoms with Crippen LogP contribution in [0.25, 0.3) is 0 Å². The smallest absolute Gasteiger partial charge is 0.110 e. The van der Waals surface area contributed by atoms with Gasteiger partial charge < -0.3 is 0 Å². The van der Waals surface area contributed by atoms with E-state index in [9.17, 15) is 0 Å². The van der Waals surface area contributed by atoms with Crippen LogP contribution in [0.15, 0.2) is 66.7 Å². The van der Waals surface area contributed by atoms with Crippen LogP contribution in [0.4, 0.5) is 0 Å². The van der Waals surface area contributed by atoms with Crippen molar-refractivity contribution in [3.63, 3.8) is 0 Å². The zero-order chi connectivity index (χ0) is 35.7. The Morgan fingerprint density at radius 3 is 0.750 bits per heavy atom. The van der Waals surface area contributed by atoms with Gasteiger partial charge in [0.25, 0.3) is 0 Å². The molecule has 1 atom stereocenters. The van der Waals surface area contributed by atoms with E-state index in [4.69, 9.17) is 0 Å². The number of rotatable bonds is 6. The molecule has 2 heteroatoms. The van der Waals surface area contributed by atoms with Crippen molar-refractivity contribution in [3.05, 3.63) is 145 Å². The highest BCUT2D eigenvalue weighted by Crippen LogP contribution is 2.25. The zero-order valence-corrected chi connectivity index (χ0v) is 34.0. The molecule has 5 rings (SSSR count). The molecule has 0 radical (unpaired) electrons. The average Bonchev–Trinajstić information content (AvgIpc) is 2.94. The third kappa shape index (κ3) is 7.28. The molecule has 0 spiro atoms. The normalized spacial score (nSPS) is 11.5. The van der Waals surface area contributed by atoms with Crippen LogP contribution in [0.5, 0.6) is 0 Å². The summed E-state index contributed by atoms with van der Waals surface area (Å²) in [5, 5.41) is 1.42. The highest BCUT2D eigenvalue weighted by Gasteiger charge is 2.39. The average molecular weight is 655 g/mol. The molecular weight excluding hydrogens is 594 g/mol. The van der Waals surface area contributed by atoms with E-state index in [1.165, 1.54) is 105 Å². The van der Waals surface area contributed by atoms with Crippen LogP contribution >= 0.6 is 9.24 Å². The van der Waals surface area contributed by atoms with Gasteiger partial charge in [0.05, 0.1) is 5.30 Å². The predicted octanol–water partition coefficient (Wildman–Crippen LogP) is 8.81. The SMILES string of the molecule is CCc1cc([PH3+])cc(CC)c1.Cc1cc(C)c([B-](c2c(C)cc(C)cc2C)(c2c(C)cc(C)cc2C)c2c(C)cc(C)cc2C)c(C)c1. The molecule has 0 fully saturated rings. The molecule has 252 valence electrons. The van der Waals surface area contributed by atoms with Crippen LogP contribution in [-0.2, 0) is 12.8 Å². The lowest BCUT2D eigenvalue weighted by Gasteiger charge is -2.51. The standard InChI is InChI=1S/C36H44B.C10H15P/c1-21-13-25(5)33(26(6)14-21)37(34-27(7)15-22(2)16-28(34)8,35-29(9)17-23(3)18-30(35)10)36-31(11)19-24(4)20-32(36)12;1-3-8-5-9(4-2)7-10(11)6-8/h13-20H,1-12H3;5-7H,3-4,11H2,1-2H3/q-1;/p+1. The predicted molar refractivity (Wildman–Crippen MR) is 223 cm³/mol. The van der Waals surface area contributed by atoms with Crippen LogP contribution in [0, 0.1) is 83.1 Å². The molecule has 0 saturated heterocycles. The molecule has 0 aliphatic heterocycles. The largest absolute Gasteiger partial charge is 0.189 e. The molecule has 5 aromatic carbocycles. The Morgan fingerprint density at radius 2 is 0.562 bits per heavy atom. The maximum atomic E-state index is 2.40. The molecule has 0 saturated carbocycles. The Balaban J connectivity index is 0.000000401. The second kappa shape index (κ2) is 15.0. The Kier molecular flexibility index (Phi) is 11.7. The summed E-state index contributed by atoms with van der Waals surface area (Å²) in [4.78, 5) is 0. The fraction of sp³-hybridized carbons (Fsp3) is 0.348. The van der Waals surface area contributed by atoms with E-state index in [1.54, 1.807) is 0 Å². The van der Waals surface area contributed by atoms with Gasteiger partial charge in [0, 0.05) is 9.24 Å². The van der Waals surface area contributed by atoms with Gasteiger partial charge >= 0.3 is 0 Å². The second-order valence-electron chi connectivity index (χ2n) is 15.0. The first-order chi connectivity index (χ1) is 22.5. The first-order valence-electron chi connectivity index (χ1n) is 18.0. The lowest BCUT2D eigenvalue weighted by Crippen LogP contribution is -2.78. The maximum Gasteiger partial charge on any atom is 0.110 e. The van der Waals surface area contributed by atoms with E-state index in [1.807, 2.05) is 9.24 Å². The lowest BCUT2D eigenvalue weighted by molar-refractivity contribution is 1.09. The molecule has 0 amide bonds. The van der Waals surface area contributed by atoms with Crippen molar-refractivity contribution in [3.8, 4) is 0 Å². The van der Waals surface area contributed by atoms with E-state index < -0.39 is 6.15 Å². The van der Waals surface area contributed by atoms with Crippen molar-refractivity contribution >= 4 is 42.5 Å². The number of hydrogen-bond acceptors (Lipinski definition) is 0. The molecule has 0 nitrogen and oxygen atoms in total. The third-order valence-electron chi connectivity index (χ3n) is 10.6. The molecule has 0 aliphatic carbocycles. The van der Waals surface area contributed by atoms with Gasteiger partial charge in [-0.05, 0) is 119 Å². The summed E-state index contributed by atoms with van der Waals surface area (Å²) in [6.45, 7) is 32.0. The highest BCUT2D eigenvalue weighted by molar-refractivity contribution is 7.27. The Hall–Kier alpha value is -3.41. The van der Waals surface area contributed by atoms with Crippen molar-refractivity contribution < 1.29 is 0 Å². The van der Waals surface area contributed by atoms with Crippen LogP contribution in [0.1, 0.15) is 91.7 Å². The highest BCUT2D eigenvalue weighted by atomic mass is 31.0. The lowest BCUT2D eigenvalue weighted by atomic mass is 9.10. The molecule has 0 bridgehead atoms. The molecule has 0 heterocycles. The van der Waals surface area contributed by atoms with E-state index >= 15 is 0 Å². The molecule has 0 aromatic heterocycles. The van der Waals surface area contributed by atoms with Crippen molar-refractivity contribution in [1.82, 2.24) is 0 Å². The Morgan fingerprint density at radius 1 is 0.354 bits per heavy atom. The summed E-state index contributed by atoms with van der Waals surface area (Å²) in [6.07, 6.45) is 0.827. The Labute approximate surface area is 295 Å². The van der Waals surface area contributed by atoms with Crippen LogP contribution in [-0.4, -0.2) is 6.15 Å². The van der Waals surface area contributed by atoms with E-state index in [2.05, 4.69) is 164 Å². The van der Waals surface area contributed by atoms with Gasteiger partial charge in [-0.25, -0.2) is 0 Å². The minimum Gasteiger partial charge on any atom is -0.189 e. The third-order valence-corrected chi connectivity index (χ3v) is 11.0. The van der Waals surface area contributed by atoms with Crippen molar-refractivity contribution in [2.75, 3.05) is 0 Å². The topological polar surface area (TPSA) is 0 Å². The van der Waals surface area contributed by atoms with Crippen LogP contribution in [0.3, 0.4) is 0 Å². The van der Waals surface area contributed by atoms with Crippen molar-refractivity contribution in [1.29, 1.82) is 0 Å². The quantitative estimate of drug-likeness (QED) is 0.127. The van der Waals surface area contributed by atoms with Gasteiger partial charge in [-0.2, -0.15) is 21.9 Å². The van der Waals surface area contributed by atoms with Crippen LogP contribution in [0.2, 0.25) is 0 Å². The fourth-order valence-corrected chi connectivity index (χ4v) is 10.1. The van der Waals surface area contributed by atoms with Gasteiger partial charge in [-0.3, -0.25) is 0 Å². The number of hydrogen-bond donors (Lipinski definition) is 0. The van der Waals surface area contributed by atoms with Gasteiger partial charge in [0.2, 0.25) is 0 Å². The van der Waals surface area contributed by atoms with Gasteiger partial charge in [0.1, 0.15) is 6.15 Å².